The molecule has 1 aliphatic heterocycles. The van der Waals surface area contributed by atoms with Crippen molar-refractivity contribution in [1.29, 1.82) is 0 Å². The fraction of sp³-hybridized carbons (Fsp3) is 0.310. The SMILES string of the molecule is CC1=C(C)N(c2c(C)cc(C)cc2C)[CH-]N1Cc1c(C)cc(C)cc1C.Clc1cccnc1.[Cl][Pd][Cl]. The van der Waals surface area contributed by atoms with Gasteiger partial charge >= 0.3 is 35.0 Å². The molecule has 0 fully saturated rings. The van der Waals surface area contributed by atoms with E-state index in [4.69, 9.17) is 30.7 Å². The van der Waals surface area contributed by atoms with E-state index in [0.29, 0.717) is 5.02 Å². The van der Waals surface area contributed by atoms with E-state index in [1.807, 2.05) is 0 Å². The molecule has 0 amide bonds. The number of allylic oxidation sites excluding steroid dienone is 2. The fourth-order valence-corrected chi connectivity index (χ4v) is 4.73. The number of aromatic nitrogens is 1. The van der Waals surface area contributed by atoms with Crippen LogP contribution in [0.1, 0.15) is 52.8 Å². The molecule has 0 N–H and O–H groups in total. The number of halogens is 3. The standard InChI is InChI=1S/C24H31N2.C5H4ClN.2ClH.Pd/c1-15-9-17(3)23(18(4)10-15)13-25-14-26(22(8)21(25)7)24-19(5)11-16(2)12-20(24)6;6-5-2-1-3-7-4-5;;;/h9-12,14H,13H2,1-8H3;1-4H;2*1H;/q-1;;;;+2/p-2. The Morgan fingerprint density at radius 2 is 1.31 bits per heavy atom. The minimum absolute atomic E-state index is 0.106. The van der Waals surface area contributed by atoms with Crippen LogP contribution in [0.25, 0.3) is 0 Å². The summed E-state index contributed by atoms with van der Waals surface area (Å²) in [5.74, 6) is 0. The van der Waals surface area contributed by atoms with Gasteiger partial charge in [0.15, 0.2) is 0 Å². The molecule has 0 aliphatic carbocycles. The number of benzene rings is 2. The van der Waals surface area contributed by atoms with E-state index >= 15 is 0 Å². The van der Waals surface area contributed by atoms with Crippen molar-refractivity contribution in [2.45, 2.75) is 61.9 Å². The molecule has 2 aromatic carbocycles. The molecular weight excluding hydrogens is 603 g/mol. The Kier molecular flexibility index (Phi) is 12.3. The van der Waals surface area contributed by atoms with Crippen molar-refractivity contribution >= 4 is 36.3 Å². The van der Waals surface area contributed by atoms with Gasteiger partial charge < -0.3 is 9.80 Å². The normalized spacial score (nSPS) is 12.9. The van der Waals surface area contributed by atoms with Crippen molar-refractivity contribution in [2.75, 3.05) is 4.90 Å². The zero-order chi connectivity index (χ0) is 27.0. The van der Waals surface area contributed by atoms with Crippen molar-refractivity contribution in [3.8, 4) is 0 Å². The van der Waals surface area contributed by atoms with Crippen LogP contribution in [0.15, 0.2) is 60.2 Å². The Bertz CT molecular complexity index is 1150. The summed E-state index contributed by atoms with van der Waals surface area (Å²) in [4.78, 5) is 8.50. The third-order valence-corrected chi connectivity index (χ3v) is 6.46. The zero-order valence-corrected chi connectivity index (χ0v) is 26.0. The Hall–Kier alpha value is -1.54. The van der Waals surface area contributed by atoms with Gasteiger partial charge in [-0.15, -0.1) is 0 Å². The van der Waals surface area contributed by atoms with Gasteiger partial charge in [0.05, 0.1) is 5.02 Å². The number of anilines is 1. The predicted molar refractivity (Wildman–Crippen MR) is 153 cm³/mol. The number of pyridine rings is 1. The van der Waals surface area contributed by atoms with Gasteiger partial charge in [0, 0.05) is 30.3 Å². The summed E-state index contributed by atoms with van der Waals surface area (Å²) in [7, 11) is 9.63. The van der Waals surface area contributed by atoms with Gasteiger partial charge in [-0.3, -0.25) is 4.98 Å². The molecule has 0 unspecified atom stereocenters. The Labute approximate surface area is 238 Å². The number of nitrogens with zero attached hydrogens (tertiary/aromatic N) is 3. The van der Waals surface area contributed by atoms with Crippen LogP contribution in [0, 0.1) is 48.2 Å². The molecule has 36 heavy (non-hydrogen) atoms. The Morgan fingerprint density at radius 3 is 1.72 bits per heavy atom. The van der Waals surface area contributed by atoms with E-state index in [0.717, 1.165) is 6.54 Å². The van der Waals surface area contributed by atoms with Crippen LogP contribution in [0.5, 0.6) is 0 Å². The van der Waals surface area contributed by atoms with Gasteiger partial charge in [0.25, 0.3) is 0 Å². The van der Waals surface area contributed by atoms with Crippen LogP contribution >= 0.6 is 30.7 Å². The predicted octanol–water partition coefficient (Wildman–Crippen LogP) is 9.34. The molecule has 1 aromatic heterocycles. The molecule has 198 valence electrons. The zero-order valence-electron chi connectivity index (χ0n) is 22.2. The molecule has 0 atom stereocenters. The first-order chi connectivity index (χ1) is 17.0. The van der Waals surface area contributed by atoms with E-state index in [2.05, 4.69) is 101 Å². The van der Waals surface area contributed by atoms with Crippen molar-refractivity contribution in [3.63, 3.8) is 0 Å². The van der Waals surface area contributed by atoms with E-state index in [1.54, 1.807) is 24.5 Å². The van der Waals surface area contributed by atoms with Gasteiger partial charge in [-0.05, 0) is 101 Å². The van der Waals surface area contributed by atoms with Gasteiger partial charge in [0.2, 0.25) is 0 Å². The van der Waals surface area contributed by atoms with Crippen LogP contribution in [-0.2, 0) is 22.5 Å². The molecule has 3 nitrogen and oxygen atoms in total. The van der Waals surface area contributed by atoms with E-state index in [9.17, 15) is 0 Å². The van der Waals surface area contributed by atoms with Crippen molar-refractivity contribution in [3.05, 3.63) is 111 Å². The first kappa shape index (κ1) is 30.7. The third kappa shape index (κ3) is 8.24. The average Bonchev–Trinajstić information content (AvgIpc) is 3.05. The quantitative estimate of drug-likeness (QED) is 0.211. The molecule has 2 heterocycles. The molecule has 0 spiro atoms. The topological polar surface area (TPSA) is 19.4 Å². The molecule has 7 heteroatoms. The van der Waals surface area contributed by atoms with Crippen LogP contribution in [0.2, 0.25) is 5.02 Å². The summed E-state index contributed by atoms with van der Waals surface area (Å²) in [6.45, 7) is 20.9. The second kappa shape index (κ2) is 14.4. The van der Waals surface area contributed by atoms with Crippen LogP contribution in [-0.4, -0.2) is 9.88 Å². The summed E-state index contributed by atoms with van der Waals surface area (Å²) in [6, 6.07) is 12.7. The van der Waals surface area contributed by atoms with Crippen molar-refractivity contribution in [2.24, 2.45) is 0 Å². The van der Waals surface area contributed by atoms with Gasteiger partial charge in [-0.1, -0.05) is 47.0 Å². The first-order valence-corrected chi connectivity index (χ1v) is 16.0. The summed E-state index contributed by atoms with van der Waals surface area (Å²) in [5, 5.41) is 0.683. The number of aryl methyl sites for hydroxylation is 6. The average molecular weight is 638 g/mol. The summed E-state index contributed by atoms with van der Waals surface area (Å²) in [6.07, 6.45) is 3.29. The maximum absolute atomic E-state index is 5.48. The maximum atomic E-state index is 5.48. The van der Waals surface area contributed by atoms with Crippen LogP contribution in [0.4, 0.5) is 5.69 Å². The molecule has 0 radical (unpaired) electrons. The van der Waals surface area contributed by atoms with Crippen molar-refractivity contribution < 1.29 is 15.9 Å². The summed E-state index contributed by atoms with van der Waals surface area (Å²) >= 11 is 5.37. The monoisotopic (exact) mass is 636 g/mol. The second-order valence-electron chi connectivity index (χ2n) is 9.13. The minimum atomic E-state index is -0.106. The molecule has 4 rings (SSSR count). The van der Waals surface area contributed by atoms with Gasteiger partial charge in [0.1, 0.15) is 0 Å². The second-order valence-corrected chi connectivity index (χ2v) is 11.9. The third-order valence-electron chi connectivity index (χ3n) is 6.24. The molecule has 3 aromatic rings. The van der Waals surface area contributed by atoms with Crippen LogP contribution in [0.3, 0.4) is 0 Å². The van der Waals surface area contributed by atoms with Crippen molar-refractivity contribution in [1.82, 2.24) is 9.88 Å². The Morgan fingerprint density at radius 1 is 0.806 bits per heavy atom. The fourth-order valence-electron chi connectivity index (χ4n) is 4.60. The molecule has 1 aliphatic rings. The van der Waals surface area contributed by atoms with E-state index in [-0.39, 0.29) is 15.9 Å². The number of hydrogen-bond acceptors (Lipinski definition) is 3. The van der Waals surface area contributed by atoms with E-state index < -0.39 is 0 Å². The Balaban J connectivity index is 0.000000383. The summed E-state index contributed by atoms with van der Waals surface area (Å²) < 4.78 is 0. The van der Waals surface area contributed by atoms with Gasteiger partial charge in [-0.2, -0.15) is 6.67 Å². The summed E-state index contributed by atoms with van der Waals surface area (Å²) in [5.41, 5.74) is 13.4. The molecule has 0 saturated carbocycles. The van der Waals surface area contributed by atoms with E-state index in [1.165, 1.54) is 56.0 Å². The first-order valence-electron chi connectivity index (χ1n) is 11.6. The number of rotatable bonds is 3. The number of hydrogen-bond donors (Lipinski definition) is 0. The van der Waals surface area contributed by atoms with Gasteiger partial charge in [-0.25, -0.2) is 0 Å². The molecule has 0 bridgehead atoms. The molecular formula is C29H35Cl3N3Pd-. The van der Waals surface area contributed by atoms with Crippen LogP contribution < -0.4 is 4.90 Å². The molecule has 0 saturated heterocycles.